The largest absolute Gasteiger partial charge is 0.624 e. The lowest BCUT2D eigenvalue weighted by Gasteiger charge is -2.12. The third-order valence-corrected chi connectivity index (χ3v) is 5.61. The Labute approximate surface area is 199 Å². The van der Waals surface area contributed by atoms with Crippen LogP contribution in [0.25, 0.3) is 27.7 Å². The second-order valence-corrected chi connectivity index (χ2v) is 8.01. The average Bonchev–Trinajstić information content (AvgIpc) is 2.87. The number of aromatic nitrogens is 2. The summed E-state index contributed by atoms with van der Waals surface area (Å²) in [6.45, 7) is 0.0706. The van der Waals surface area contributed by atoms with Gasteiger partial charge in [0.25, 0.3) is 5.56 Å². The number of fused-ring (bicyclic) bond motifs is 1. The molecule has 0 atom stereocenters. The highest BCUT2D eigenvalue weighted by molar-refractivity contribution is 5.94. The molecular formula is C28H19F2N3O2. The van der Waals surface area contributed by atoms with E-state index in [1.807, 2.05) is 30.3 Å². The van der Waals surface area contributed by atoms with Gasteiger partial charge in [0, 0.05) is 16.5 Å². The van der Waals surface area contributed by atoms with Gasteiger partial charge in [0.2, 0.25) is 0 Å². The summed E-state index contributed by atoms with van der Waals surface area (Å²) >= 11 is 0. The Balaban J connectivity index is 1.64. The smallest absolute Gasteiger partial charge is 0.279 e. The monoisotopic (exact) mass is 467 g/mol. The van der Waals surface area contributed by atoms with Gasteiger partial charge in [-0.15, -0.1) is 0 Å². The number of rotatable bonds is 5. The van der Waals surface area contributed by atoms with Crippen molar-refractivity contribution < 1.29 is 13.5 Å². The number of halogens is 2. The summed E-state index contributed by atoms with van der Waals surface area (Å²) in [7, 11) is 0. The molecule has 7 heteroatoms. The van der Waals surface area contributed by atoms with Crippen molar-refractivity contribution in [3.05, 3.63) is 135 Å². The highest BCUT2D eigenvalue weighted by Gasteiger charge is 2.15. The highest BCUT2D eigenvalue weighted by atomic mass is 19.1. The fourth-order valence-corrected chi connectivity index (χ4v) is 3.91. The molecule has 0 saturated heterocycles. The Morgan fingerprint density at radius 1 is 0.857 bits per heavy atom. The predicted octanol–water partition coefficient (Wildman–Crippen LogP) is 5.46. The van der Waals surface area contributed by atoms with Crippen molar-refractivity contribution in [1.82, 2.24) is 9.78 Å². The zero-order chi connectivity index (χ0) is 24.4. The number of benzene rings is 4. The van der Waals surface area contributed by atoms with Gasteiger partial charge in [-0.05, 0) is 48.5 Å². The van der Waals surface area contributed by atoms with E-state index in [0.717, 1.165) is 5.56 Å². The van der Waals surface area contributed by atoms with E-state index in [-0.39, 0.29) is 17.7 Å². The molecule has 0 spiro atoms. The first kappa shape index (κ1) is 22.2. The Kier molecular flexibility index (Phi) is 5.89. The van der Waals surface area contributed by atoms with Gasteiger partial charge in [0.05, 0.1) is 22.3 Å². The van der Waals surface area contributed by atoms with Crippen LogP contribution in [-0.4, -0.2) is 20.7 Å². The van der Waals surface area contributed by atoms with Crippen molar-refractivity contribution in [3.8, 4) is 16.9 Å². The summed E-state index contributed by atoms with van der Waals surface area (Å²) < 4.78 is 29.9. The maximum absolute atomic E-state index is 14.6. The lowest BCUT2D eigenvalue weighted by atomic mass is 10.0. The molecule has 4 aromatic carbocycles. The number of hydrogen-bond donors (Lipinski definition) is 0. The third-order valence-electron chi connectivity index (χ3n) is 5.61. The first-order valence-corrected chi connectivity index (χ1v) is 10.9. The van der Waals surface area contributed by atoms with Crippen LogP contribution in [0.1, 0.15) is 11.1 Å². The molecule has 0 fully saturated rings. The Bertz CT molecular complexity index is 1610. The SMILES string of the molecule is O=c1c2ccccc2c(-c2ccc(F)c(/C=[N+](\[O-])Cc3ccccc3)c2)nn1-c1ccc(F)cc1. The first-order chi connectivity index (χ1) is 17.0. The van der Waals surface area contributed by atoms with Crippen LogP contribution in [0.4, 0.5) is 8.78 Å². The molecule has 0 radical (unpaired) electrons. The van der Waals surface area contributed by atoms with Gasteiger partial charge in [0.1, 0.15) is 11.6 Å². The summed E-state index contributed by atoms with van der Waals surface area (Å²) in [5.74, 6) is -0.988. The first-order valence-electron chi connectivity index (χ1n) is 10.9. The van der Waals surface area contributed by atoms with E-state index in [2.05, 4.69) is 5.10 Å². The highest BCUT2D eigenvalue weighted by Crippen LogP contribution is 2.27. The standard InChI is InChI=1S/C28H19F2N3O2/c29-22-11-13-23(14-12-22)33-28(34)25-9-5-4-8-24(25)27(31-33)20-10-15-26(30)21(16-20)18-32(35)17-19-6-2-1-3-7-19/h1-16,18H,17H2/b32-18-. The molecule has 0 bridgehead atoms. The van der Waals surface area contributed by atoms with E-state index in [9.17, 15) is 18.8 Å². The van der Waals surface area contributed by atoms with Crippen molar-refractivity contribution >= 4 is 17.0 Å². The van der Waals surface area contributed by atoms with E-state index in [1.54, 1.807) is 30.3 Å². The normalized spacial score (nSPS) is 11.7. The van der Waals surface area contributed by atoms with Crippen molar-refractivity contribution in [2.45, 2.75) is 6.54 Å². The van der Waals surface area contributed by atoms with Gasteiger partial charge >= 0.3 is 0 Å². The number of hydrogen-bond acceptors (Lipinski definition) is 3. The van der Waals surface area contributed by atoms with Crippen LogP contribution in [-0.2, 0) is 6.54 Å². The lowest BCUT2D eigenvalue weighted by molar-refractivity contribution is -0.469. The molecule has 1 heterocycles. The molecule has 5 nitrogen and oxygen atoms in total. The third kappa shape index (κ3) is 4.56. The summed E-state index contributed by atoms with van der Waals surface area (Å²) in [5, 5.41) is 18.0. The fourth-order valence-electron chi connectivity index (χ4n) is 3.91. The van der Waals surface area contributed by atoms with Crippen molar-refractivity contribution in [2.75, 3.05) is 0 Å². The van der Waals surface area contributed by atoms with E-state index in [1.165, 1.54) is 47.3 Å². The maximum atomic E-state index is 14.6. The molecule has 0 aliphatic rings. The lowest BCUT2D eigenvalue weighted by Crippen LogP contribution is -2.22. The summed E-state index contributed by atoms with van der Waals surface area (Å²) in [6, 6.07) is 25.9. The van der Waals surface area contributed by atoms with Crippen LogP contribution < -0.4 is 5.56 Å². The molecule has 172 valence electrons. The van der Waals surface area contributed by atoms with Crippen molar-refractivity contribution in [1.29, 1.82) is 0 Å². The average molecular weight is 467 g/mol. The van der Waals surface area contributed by atoms with Gasteiger partial charge in [-0.25, -0.2) is 13.5 Å². The van der Waals surface area contributed by atoms with Gasteiger partial charge in [-0.2, -0.15) is 9.78 Å². The van der Waals surface area contributed by atoms with E-state index in [4.69, 9.17) is 0 Å². The van der Waals surface area contributed by atoms with Crippen LogP contribution in [0.3, 0.4) is 0 Å². The van der Waals surface area contributed by atoms with Crippen LogP contribution in [0, 0.1) is 16.8 Å². The number of nitrogens with zero attached hydrogens (tertiary/aromatic N) is 3. The molecule has 0 unspecified atom stereocenters. The van der Waals surface area contributed by atoms with Crippen LogP contribution in [0.2, 0.25) is 0 Å². The van der Waals surface area contributed by atoms with Crippen molar-refractivity contribution in [2.24, 2.45) is 0 Å². The van der Waals surface area contributed by atoms with E-state index < -0.39 is 11.6 Å². The van der Waals surface area contributed by atoms with Gasteiger partial charge in [-0.1, -0.05) is 48.5 Å². The minimum Gasteiger partial charge on any atom is -0.624 e. The van der Waals surface area contributed by atoms with Gasteiger partial charge < -0.3 is 5.21 Å². The van der Waals surface area contributed by atoms with Crippen molar-refractivity contribution in [3.63, 3.8) is 0 Å². The van der Waals surface area contributed by atoms with Crippen LogP contribution >= 0.6 is 0 Å². The number of hydroxylamine groups is 1. The van der Waals surface area contributed by atoms with Crippen LogP contribution in [0.15, 0.2) is 102 Å². The molecule has 5 aromatic rings. The second-order valence-electron chi connectivity index (χ2n) is 8.01. The van der Waals surface area contributed by atoms with Crippen LogP contribution in [0.5, 0.6) is 0 Å². The minimum absolute atomic E-state index is 0.0706. The molecule has 0 amide bonds. The predicted molar refractivity (Wildman–Crippen MR) is 132 cm³/mol. The Morgan fingerprint density at radius 3 is 2.29 bits per heavy atom. The zero-order valence-corrected chi connectivity index (χ0v) is 18.4. The molecule has 35 heavy (non-hydrogen) atoms. The molecule has 0 aliphatic carbocycles. The fraction of sp³-hybridized carbons (Fsp3) is 0.0357. The quantitative estimate of drug-likeness (QED) is 0.149. The summed E-state index contributed by atoms with van der Waals surface area (Å²) in [6.07, 6.45) is 1.20. The second kappa shape index (κ2) is 9.30. The molecular weight excluding hydrogens is 448 g/mol. The Hall–Kier alpha value is -4.65. The summed E-state index contributed by atoms with van der Waals surface area (Å²) in [5.41, 5.74) is 1.88. The van der Waals surface area contributed by atoms with E-state index >= 15 is 0 Å². The molecule has 1 aromatic heterocycles. The Morgan fingerprint density at radius 2 is 1.54 bits per heavy atom. The molecule has 5 rings (SSSR count). The minimum atomic E-state index is -0.557. The molecule has 0 saturated carbocycles. The summed E-state index contributed by atoms with van der Waals surface area (Å²) in [4.78, 5) is 13.1. The maximum Gasteiger partial charge on any atom is 0.279 e. The zero-order valence-electron chi connectivity index (χ0n) is 18.4. The topological polar surface area (TPSA) is 61.0 Å². The van der Waals surface area contributed by atoms with Gasteiger partial charge in [0.15, 0.2) is 12.8 Å². The van der Waals surface area contributed by atoms with Gasteiger partial charge in [-0.3, -0.25) is 4.79 Å². The molecule has 0 N–H and O–H groups in total. The molecule has 0 aliphatic heterocycles. The van der Waals surface area contributed by atoms with E-state index in [0.29, 0.717) is 32.5 Å².